The minimum Gasteiger partial charge on any atom is -0.353 e. The van der Waals surface area contributed by atoms with Crippen LogP contribution in [0.2, 0.25) is 0 Å². The van der Waals surface area contributed by atoms with E-state index in [1.165, 1.54) is 11.1 Å². The fraction of sp³-hybridized carbons (Fsp3) is 0.421. The highest BCUT2D eigenvalue weighted by atomic mass is 16.2. The summed E-state index contributed by atoms with van der Waals surface area (Å²) in [6, 6.07) is 8.11. The van der Waals surface area contributed by atoms with Crippen LogP contribution >= 0.6 is 0 Å². The number of aromatic amines is 1. The van der Waals surface area contributed by atoms with E-state index in [0.717, 1.165) is 35.8 Å². The van der Waals surface area contributed by atoms with Crippen LogP contribution in [-0.2, 0) is 11.3 Å². The largest absolute Gasteiger partial charge is 0.353 e. The van der Waals surface area contributed by atoms with Gasteiger partial charge in [0.2, 0.25) is 5.91 Å². The van der Waals surface area contributed by atoms with Crippen LogP contribution in [0.3, 0.4) is 0 Å². The number of hydrogen-bond donors (Lipinski definition) is 2. The third-order valence-corrected chi connectivity index (χ3v) is 5.25. The molecule has 0 saturated carbocycles. The van der Waals surface area contributed by atoms with E-state index in [1.54, 1.807) is 6.20 Å². The van der Waals surface area contributed by atoms with E-state index in [0.29, 0.717) is 18.1 Å². The van der Waals surface area contributed by atoms with Crippen LogP contribution in [0, 0.1) is 0 Å². The molecule has 1 aliphatic rings. The van der Waals surface area contributed by atoms with Gasteiger partial charge in [-0.15, -0.1) is 0 Å². The van der Waals surface area contributed by atoms with Gasteiger partial charge in [0, 0.05) is 28.9 Å². The number of amides is 1. The second kappa shape index (κ2) is 6.92. The summed E-state index contributed by atoms with van der Waals surface area (Å²) >= 11 is 0. The van der Waals surface area contributed by atoms with Crippen molar-refractivity contribution in [2.75, 3.05) is 19.6 Å². The first-order chi connectivity index (χ1) is 12.7. The molecule has 2 N–H and O–H groups in total. The zero-order valence-corrected chi connectivity index (χ0v) is 14.9. The van der Waals surface area contributed by atoms with Crippen molar-refractivity contribution in [2.45, 2.75) is 32.4 Å². The van der Waals surface area contributed by atoms with Gasteiger partial charge in [0.05, 0.1) is 6.20 Å². The van der Waals surface area contributed by atoms with Gasteiger partial charge >= 0.3 is 0 Å². The van der Waals surface area contributed by atoms with Crippen LogP contribution in [0.25, 0.3) is 21.8 Å². The molecule has 0 spiro atoms. The van der Waals surface area contributed by atoms with Gasteiger partial charge in [0.25, 0.3) is 5.56 Å². The summed E-state index contributed by atoms with van der Waals surface area (Å²) in [5.74, 6) is -0.182. The molecule has 1 saturated heterocycles. The summed E-state index contributed by atoms with van der Waals surface area (Å²) in [5.41, 5.74) is 1.11. The predicted octanol–water partition coefficient (Wildman–Crippen LogP) is 1.48. The number of likely N-dealkylation sites (N-methyl/N-ethyl adjacent to an activating group) is 1. The van der Waals surface area contributed by atoms with Crippen LogP contribution in [0.5, 0.6) is 0 Å². The quantitative estimate of drug-likeness (QED) is 0.728. The standard InChI is InChI=1S/C19H23N5O2/c1-2-23-9-5-6-13(23)10-20-17(25)12-24-19(26)18-15(11-21-24)14-7-3-4-8-16(14)22-18/h3-4,7-8,11,13,22H,2,5-6,9-10,12H2,1H3,(H,20,25). The lowest BCUT2D eigenvalue weighted by molar-refractivity contribution is -0.122. The Morgan fingerprint density at radius 3 is 3.04 bits per heavy atom. The monoisotopic (exact) mass is 353 g/mol. The van der Waals surface area contributed by atoms with Crippen molar-refractivity contribution in [3.63, 3.8) is 0 Å². The van der Waals surface area contributed by atoms with Crippen LogP contribution < -0.4 is 10.9 Å². The van der Waals surface area contributed by atoms with Crippen LogP contribution in [0.4, 0.5) is 0 Å². The Hall–Kier alpha value is -2.67. The fourth-order valence-corrected chi connectivity index (χ4v) is 3.85. The molecule has 2 aromatic heterocycles. The van der Waals surface area contributed by atoms with Crippen molar-refractivity contribution < 1.29 is 4.79 Å². The smallest absolute Gasteiger partial charge is 0.291 e. The summed E-state index contributed by atoms with van der Waals surface area (Å²) in [4.78, 5) is 30.5. The molecular formula is C19H23N5O2. The fourth-order valence-electron chi connectivity index (χ4n) is 3.85. The van der Waals surface area contributed by atoms with E-state index in [9.17, 15) is 9.59 Å². The van der Waals surface area contributed by atoms with Crippen LogP contribution in [-0.4, -0.2) is 51.2 Å². The molecule has 1 aliphatic heterocycles. The van der Waals surface area contributed by atoms with Gasteiger partial charge in [0.1, 0.15) is 12.1 Å². The number of carbonyl (C=O) groups excluding carboxylic acids is 1. The number of nitrogens with one attached hydrogen (secondary N) is 2. The lowest BCUT2D eigenvalue weighted by Crippen LogP contribution is -2.42. The van der Waals surface area contributed by atoms with Crippen molar-refractivity contribution in [3.05, 3.63) is 40.8 Å². The SMILES string of the molecule is CCN1CCCC1CNC(=O)Cn1ncc2c([nH]c3ccccc32)c1=O. The Balaban J connectivity index is 1.50. The molecule has 4 rings (SSSR count). The Morgan fingerprint density at radius 1 is 1.35 bits per heavy atom. The zero-order valence-electron chi connectivity index (χ0n) is 14.9. The minimum absolute atomic E-state index is 0.0665. The first kappa shape index (κ1) is 16.8. The highest BCUT2D eigenvalue weighted by Crippen LogP contribution is 2.21. The van der Waals surface area contributed by atoms with Crippen molar-refractivity contribution >= 4 is 27.7 Å². The number of H-pyrrole nitrogens is 1. The number of fused-ring (bicyclic) bond motifs is 3. The maximum atomic E-state index is 12.7. The molecule has 3 heterocycles. The van der Waals surface area contributed by atoms with Gasteiger partial charge in [0.15, 0.2) is 0 Å². The number of nitrogens with zero attached hydrogens (tertiary/aromatic N) is 3. The third-order valence-electron chi connectivity index (χ3n) is 5.25. The molecule has 1 aromatic carbocycles. The highest BCUT2D eigenvalue weighted by molar-refractivity contribution is 6.06. The average Bonchev–Trinajstić information content (AvgIpc) is 3.26. The Kier molecular flexibility index (Phi) is 4.46. The predicted molar refractivity (Wildman–Crippen MR) is 101 cm³/mol. The van der Waals surface area contributed by atoms with Gasteiger partial charge in [-0.2, -0.15) is 5.10 Å². The summed E-state index contributed by atoms with van der Waals surface area (Å²) in [6.07, 6.45) is 3.93. The van der Waals surface area contributed by atoms with Gasteiger partial charge in [-0.1, -0.05) is 25.1 Å². The molecule has 7 heteroatoms. The molecule has 1 unspecified atom stereocenters. The van der Waals surface area contributed by atoms with Gasteiger partial charge < -0.3 is 10.3 Å². The maximum absolute atomic E-state index is 12.7. The molecule has 1 atom stereocenters. The van der Waals surface area contributed by atoms with Gasteiger partial charge in [-0.25, -0.2) is 4.68 Å². The van der Waals surface area contributed by atoms with E-state index in [-0.39, 0.29) is 18.0 Å². The van der Waals surface area contributed by atoms with Gasteiger partial charge in [-0.3, -0.25) is 14.5 Å². The molecule has 3 aromatic rings. The van der Waals surface area contributed by atoms with Crippen molar-refractivity contribution in [3.8, 4) is 0 Å². The number of benzene rings is 1. The van der Waals surface area contributed by atoms with E-state index < -0.39 is 0 Å². The summed E-state index contributed by atoms with van der Waals surface area (Å²) in [6.45, 7) is 4.78. The lowest BCUT2D eigenvalue weighted by atomic mass is 10.2. The van der Waals surface area contributed by atoms with E-state index in [1.807, 2.05) is 24.3 Å². The highest BCUT2D eigenvalue weighted by Gasteiger charge is 2.23. The number of hydrogen-bond acceptors (Lipinski definition) is 4. The van der Waals surface area contributed by atoms with Crippen molar-refractivity contribution in [1.29, 1.82) is 0 Å². The molecular weight excluding hydrogens is 330 g/mol. The van der Waals surface area contributed by atoms with Crippen LogP contribution in [0.1, 0.15) is 19.8 Å². The van der Waals surface area contributed by atoms with Crippen molar-refractivity contribution in [1.82, 2.24) is 25.0 Å². The molecule has 1 fully saturated rings. The molecule has 26 heavy (non-hydrogen) atoms. The minimum atomic E-state index is -0.273. The molecule has 7 nitrogen and oxygen atoms in total. The molecule has 0 aliphatic carbocycles. The summed E-state index contributed by atoms with van der Waals surface area (Å²) < 4.78 is 1.22. The Bertz CT molecular complexity index is 1010. The number of carbonyl (C=O) groups is 1. The third kappa shape index (κ3) is 2.99. The van der Waals surface area contributed by atoms with E-state index >= 15 is 0 Å². The van der Waals surface area contributed by atoms with E-state index in [2.05, 4.69) is 27.2 Å². The Morgan fingerprint density at radius 2 is 2.19 bits per heavy atom. The molecule has 1 amide bonds. The number of rotatable bonds is 5. The maximum Gasteiger partial charge on any atom is 0.291 e. The number of likely N-dealkylation sites (tertiary alicyclic amines) is 1. The van der Waals surface area contributed by atoms with Crippen molar-refractivity contribution in [2.24, 2.45) is 0 Å². The number of aromatic nitrogens is 3. The van der Waals surface area contributed by atoms with E-state index in [4.69, 9.17) is 0 Å². The second-order valence-electron chi connectivity index (χ2n) is 6.80. The first-order valence-corrected chi connectivity index (χ1v) is 9.14. The lowest BCUT2D eigenvalue weighted by Gasteiger charge is -2.22. The molecule has 0 bridgehead atoms. The molecule has 136 valence electrons. The first-order valence-electron chi connectivity index (χ1n) is 9.14. The summed E-state index contributed by atoms with van der Waals surface area (Å²) in [5, 5.41) is 8.89. The topological polar surface area (TPSA) is 83.0 Å². The molecule has 0 radical (unpaired) electrons. The van der Waals surface area contributed by atoms with Crippen LogP contribution in [0.15, 0.2) is 35.3 Å². The van der Waals surface area contributed by atoms with Gasteiger partial charge in [-0.05, 0) is 32.0 Å². The summed E-state index contributed by atoms with van der Waals surface area (Å²) in [7, 11) is 0. The zero-order chi connectivity index (χ0) is 18.1. The normalized spacial score (nSPS) is 18.0. The average molecular weight is 353 g/mol. The number of para-hydroxylation sites is 1. The Labute approximate surface area is 151 Å². The second-order valence-corrected chi connectivity index (χ2v) is 6.80.